The summed E-state index contributed by atoms with van der Waals surface area (Å²) in [6.45, 7) is 0. The Hall–Kier alpha value is -1.51. The van der Waals surface area contributed by atoms with E-state index in [1.807, 2.05) is 31.1 Å². The molecule has 0 saturated heterocycles. The topological polar surface area (TPSA) is 28.5 Å². The fourth-order valence-corrected chi connectivity index (χ4v) is 0.972. The number of hydrogen-bond donors (Lipinski definition) is 0. The molecule has 1 aromatic rings. The van der Waals surface area contributed by atoms with Crippen molar-refractivity contribution in [3.05, 3.63) is 30.6 Å². The van der Waals surface area contributed by atoms with Crippen molar-refractivity contribution >= 4 is 28.8 Å². The van der Waals surface area contributed by atoms with E-state index in [2.05, 4.69) is 27.2 Å². The first kappa shape index (κ1) is 10.6. The number of hydrogen-bond acceptors (Lipinski definition) is 3. The summed E-state index contributed by atoms with van der Waals surface area (Å²) in [5.41, 5.74) is 0.803. The van der Waals surface area contributed by atoms with E-state index in [0.29, 0.717) is 0 Å². The summed E-state index contributed by atoms with van der Waals surface area (Å²) in [5.74, 6) is 0.757. The summed E-state index contributed by atoms with van der Waals surface area (Å²) in [5, 5.41) is 2.53. The van der Waals surface area contributed by atoms with Gasteiger partial charge in [0, 0.05) is 26.4 Å². The summed E-state index contributed by atoms with van der Waals surface area (Å²) in [4.78, 5) is 10.2. The van der Waals surface area contributed by atoms with Gasteiger partial charge in [-0.2, -0.15) is 0 Å². The first-order chi connectivity index (χ1) is 6.74. The molecule has 0 aromatic carbocycles. The van der Waals surface area contributed by atoms with E-state index in [4.69, 9.17) is 0 Å². The van der Waals surface area contributed by atoms with Crippen LogP contribution < -0.4 is 0 Å². The first-order valence-electron chi connectivity index (χ1n) is 4.11. The molecule has 0 saturated carbocycles. The fourth-order valence-electron chi connectivity index (χ4n) is 0.866. The van der Waals surface area contributed by atoms with Crippen LogP contribution in [-0.2, 0) is 0 Å². The zero-order valence-corrected chi connectivity index (χ0v) is 8.95. The molecule has 72 valence electrons. The van der Waals surface area contributed by atoms with Gasteiger partial charge >= 0.3 is 0 Å². The van der Waals surface area contributed by atoms with Gasteiger partial charge in [-0.3, -0.25) is 4.98 Å². The molecular formula is C10H11N3S. The lowest BCUT2D eigenvalue weighted by Crippen LogP contribution is -2.19. The second kappa shape index (κ2) is 5.27. The maximum atomic E-state index is 4.64. The van der Waals surface area contributed by atoms with Gasteiger partial charge in [0.25, 0.3) is 0 Å². The van der Waals surface area contributed by atoms with Gasteiger partial charge in [0.15, 0.2) is 0 Å². The number of amidine groups is 1. The summed E-state index contributed by atoms with van der Waals surface area (Å²) in [6.07, 6.45) is 5.06. The first-order valence-corrected chi connectivity index (χ1v) is 4.52. The highest BCUT2D eigenvalue weighted by molar-refractivity contribution is 7.78. The van der Waals surface area contributed by atoms with Crippen molar-refractivity contribution in [3.63, 3.8) is 0 Å². The number of rotatable bonds is 2. The maximum absolute atomic E-state index is 4.64. The molecule has 3 nitrogen and oxygen atoms in total. The molecule has 0 fully saturated rings. The second-order valence-electron chi connectivity index (χ2n) is 2.84. The maximum Gasteiger partial charge on any atom is 0.137 e. The lowest BCUT2D eigenvalue weighted by molar-refractivity contribution is 0.627. The van der Waals surface area contributed by atoms with E-state index >= 15 is 0 Å². The largest absolute Gasteiger partial charge is 0.362 e. The average Bonchev–Trinajstić information content (AvgIpc) is 2.18. The molecule has 1 aromatic heterocycles. The van der Waals surface area contributed by atoms with E-state index in [9.17, 15) is 0 Å². The van der Waals surface area contributed by atoms with Crippen LogP contribution in [-0.4, -0.2) is 34.8 Å². The minimum atomic E-state index is 0.757. The van der Waals surface area contributed by atoms with Crippen molar-refractivity contribution in [3.8, 4) is 0 Å². The summed E-state index contributed by atoms with van der Waals surface area (Å²) < 4.78 is 0. The molecule has 0 aliphatic rings. The predicted octanol–water partition coefficient (Wildman–Crippen LogP) is 1.83. The molecule has 0 atom stereocenters. The molecule has 1 rings (SSSR count). The van der Waals surface area contributed by atoms with Gasteiger partial charge < -0.3 is 4.90 Å². The number of pyridine rings is 1. The Balaban J connectivity index is 2.99. The molecule has 0 aliphatic carbocycles. The molecule has 0 aliphatic heterocycles. The quantitative estimate of drug-likeness (QED) is 0.419. The molecular weight excluding hydrogens is 194 g/mol. The monoisotopic (exact) mass is 205 g/mol. The Kier molecular flexibility index (Phi) is 3.98. The van der Waals surface area contributed by atoms with Crippen molar-refractivity contribution in [1.82, 2.24) is 9.88 Å². The standard InChI is InChI=1S/C10H11N3S/c1-13(2)10(5-7-14)12-9-4-3-6-11-8-9/h3-6,8H,1-2H3. The van der Waals surface area contributed by atoms with Crippen LogP contribution >= 0.6 is 12.2 Å². The Morgan fingerprint density at radius 3 is 2.93 bits per heavy atom. The molecule has 1 heterocycles. The Bertz CT molecular complexity index is 364. The molecule has 4 heteroatoms. The summed E-state index contributed by atoms with van der Waals surface area (Å²) in [6, 6.07) is 3.72. The van der Waals surface area contributed by atoms with E-state index in [0.717, 1.165) is 11.5 Å². The lowest BCUT2D eigenvalue weighted by Gasteiger charge is -2.10. The zero-order chi connectivity index (χ0) is 10.4. The van der Waals surface area contributed by atoms with Crippen molar-refractivity contribution < 1.29 is 0 Å². The van der Waals surface area contributed by atoms with E-state index in [1.165, 1.54) is 0 Å². The van der Waals surface area contributed by atoms with Gasteiger partial charge in [0.05, 0.1) is 11.9 Å². The van der Waals surface area contributed by atoms with Crippen molar-refractivity contribution in [2.45, 2.75) is 0 Å². The molecule has 0 radical (unpaired) electrons. The number of thiocarbonyl (C=S) groups is 1. The Morgan fingerprint density at radius 1 is 1.64 bits per heavy atom. The lowest BCUT2D eigenvalue weighted by atomic mass is 10.4. The van der Waals surface area contributed by atoms with E-state index in [-0.39, 0.29) is 0 Å². The van der Waals surface area contributed by atoms with Crippen LogP contribution in [0.1, 0.15) is 0 Å². The van der Waals surface area contributed by atoms with Crippen molar-refractivity contribution in [2.75, 3.05) is 14.1 Å². The van der Waals surface area contributed by atoms with Crippen LogP contribution in [0.4, 0.5) is 5.69 Å². The SMILES string of the molecule is CN(C)C(C=C=S)=Nc1cccnc1. The summed E-state index contributed by atoms with van der Waals surface area (Å²) >= 11 is 4.64. The number of likely N-dealkylation sites (N-methyl/N-ethyl adjacent to an activating group) is 1. The van der Waals surface area contributed by atoms with Gasteiger partial charge in [0.1, 0.15) is 5.84 Å². The van der Waals surface area contributed by atoms with Gasteiger partial charge in [0.2, 0.25) is 0 Å². The third-order valence-corrected chi connectivity index (χ3v) is 1.65. The van der Waals surface area contributed by atoms with Gasteiger partial charge in [-0.25, -0.2) is 4.99 Å². The van der Waals surface area contributed by atoms with Crippen LogP contribution in [0.25, 0.3) is 0 Å². The van der Waals surface area contributed by atoms with Gasteiger partial charge in [-0.15, -0.1) is 0 Å². The third-order valence-electron chi connectivity index (χ3n) is 1.54. The number of nitrogens with zero attached hydrogens (tertiary/aromatic N) is 3. The van der Waals surface area contributed by atoms with Crippen molar-refractivity contribution in [2.24, 2.45) is 4.99 Å². The predicted molar refractivity (Wildman–Crippen MR) is 62.2 cm³/mol. The molecule has 0 N–H and O–H groups in total. The number of aliphatic imine (C=N–C) groups is 1. The van der Waals surface area contributed by atoms with Crippen LogP contribution in [0.5, 0.6) is 0 Å². The normalized spacial score (nSPS) is 10.6. The molecule has 14 heavy (non-hydrogen) atoms. The molecule has 0 bridgehead atoms. The zero-order valence-electron chi connectivity index (χ0n) is 8.14. The highest BCUT2D eigenvalue weighted by Crippen LogP contribution is 2.08. The molecule has 0 amide bonds. The average molecular weight is 205 g/mol. The van der Waals surface area contributed by atoms with E-state index in [1.54, 1.807) is 18.5 Å². The number of aromatic nitrogens is 1. The van der Waals surface area contributed by atoms with E-state index < -0.39 is 0 Å². The van der Waals surface area contributed by atoms with Crippen LogP contribution in [0.3, 0.4) is 0 Å². The minimum absolute atomic E-state index is 0.757. The highest BCUT2D eigenvalue weighted by atomic mass is 32.1. The molecule has 0 unspecified atom stereocenters. The minimum Gasteiger partial charge on any atom is -0.362 e. The third kappa shape index (κ3) is 3.09. The molecule has 0 spiro atoms. The van der Waals surface area contributed by atoms with Crippen molar-refractivity contribution in [1.29, 1.82) is 0 Å². The van der Waals surface area contributed by atoms with Gasteiger partial charge in [-0.05, 0) is 29.4 Å². The smallest absolute Gasteiger partial charge is 0.137 e. The Labute approximate surface area is 88.8 Å². The van der Waals surface area contributed by atoms with Crippen LogP contribution in [0.15, 0.2) is 35.6 Å². The van der Waals surface area contributed by atoms with Gasteiger partial charge in [-0.1, -0.05) is 0 Å². The highest BCUT2D eigenvalue weighted by Gasteiger charge is 1.96. The Morgan fingerprint density at radius 2 is 2.43 bits per heavy atom. The second-order valence-corrected chi connectivity index (χ2v) is 3.07. The fraction of sp³-hybridized carbons (Fsp3) is 0.200. The van der Waals surface area contributed by atoms with Crippen LogP contribution in [0, 0.1) is 0 Å². The summed E-state index contributed by atoms with van der Waals surface area (Å²) in [7, 11) is 3.80. The van der Waals surface area contributed by atoms with Crippen LogP contribution in [0.2, 0.25) is 0 Å².